The van der Waals surface area contributed by atoms with E-state index in [1.165, 1.54) is 42.6 Å². The molecule has 1 fully saturated rings. The minimum absolute atomic E-state index is 0.285. The number of fused-ring (bicyclic) bond motifs is 1. The van der Waals surface area contributed by atoms with Crippen LogP contribution in [-0.2, 0) is 5.41 Å². The van der Waals surface area contributed by atoms with E-state index in [0.717, 1.165) is 5.52 Å². The Morgan fingerprint density at radius 3 is 2.75 bits per heavy atom. The van der Waals surface area contributed by atoms with E-state index in [-0.39, 0.29) is 5.41 Å². The van der Waals surface area contributed by atoms with E-state index >= 15 is 0 Å². The molecule has 3 rings (SSSR count). The van der Waals surface area contributed by atoms with Crippen molar-refractivity contribution in [3.05, 3.63) is 29.6 Å². The van der Waals surface area contributed by atoms with E-state index in [1.807, 2.05) is 0 Å². The van der Waals surface area contributed by atoms with E-state index < -0.39 is 0 Å². The third kappa shape index (κ3) is 1.44. The fourth-order valence-electron chi connectivity index (χ4n) is 2.80. The Balaban J connectivity index is 2.11. The molecule has 1 aromatic heterocycles. The number of nitrogens with zero attached hydrogens (tertiary/aromatic N) is 1. The highest BCUT2D eigenvalue weighted by Crippen LogP contribution is 2.39. The van der Waals surface area contributed by atoms with Crippen LogP contribution in [0.25, 0.3) is 11.0 Å². The summed E-state index contributed by atoms with van der Waals surface area (Å²) in [6.07, 6.45) is 5.22. The van der Waals surface area contributed by atoms with Gasteiger partial charge in [0.1, 0.15) is 5.82 Å². The highest BCUT2D eigenvalue weighted by atomic mass is 14.9. The number of H-pyrrole nitrogens is 1. The first-order valence-electron chi connectivity index (χ1n) is 6.14. The second-order valence-electron chi connectivity index (χ2n) is 5.37. The lowest BCUT2D eigenvalue weighted by Crippen LogP contribution is -2.18. The van der Waals surface area contributed by atoms with Gasteiger partial charge in [-0.25, -0.2) is 4.98 Å². The highest BCUT2D eigenvalue weighted by molar-refractivity contribution is 5.76. The molecule has 16 heavy (non-hydrogen) atoms. The molecule has 1 saturated carbocycles. The van der Waals surface area contributed by atoms with Gasteiger partial charge in [-0.3, -0.25) is 0 Å². The van der Waals surface area contributed by atoms with Crippen molar-refractivity contribution in [3.63, 3.8) is 0 Å². The average Bonchev–Trinajstić information content (AvgIpc) is 2.84. The molecule has 84 valence electrons. The fourth-order valence-corrected chi connectivity index (χ4v) is 2.80. The minimum atomic E-state index is 0.285. The summed E-state index contributed by atoms with van der Waals surface area (Å²) >= 11 is 0. The van der Waals surface area contributed by atoms with Gasteiger partial charge in [0.25, 0.3) is 0 Å². The average molecular weight is 214 g/mol. The molecule has 2 nitrogen and oxygen atoms in total. The summed E-state index contributed by atoms with van der Waals surface area (Å²) in [5.41, 5.74) is 3.86. The van der Waals surface area contributed by atoms with Crippen molar-refractivity contribution in [1.82, 2.24) is 9.97 Å². The summed E-state index contributed by atoms with van der Waals surface area (Å²) in [5.74, 6) is 1.19. The lowest BCUT2D eigenvalue weighted by atomic mass is 9.88. The SMILES string of the molecule is Cc1ccc2nc(C3(C)CCCC3)[nH]c2c1. The smallest absolute Gasteiger partial charge is 0.113 e. The van der Waals surface area contributed by atoms with Gasteiger partial charge in [-0.2, -0.15) is 0 Å². The zero-order valence-corrected chi connectivity index (χ0v) is 10.0. The van der Waals surface area contributed by atoms with Crippen LogP contribution in [0.5, 0.6) is 0 Å². The van der Waals surface area contributed by atoms with Gasteiger partial charge >= 0.3 is 0 Å². The molecular weight excluding hydrogens is 196 g/mol. The van der Waals surface area contributed by atoms with Gasteiger partial charge in [0, 0.05) is 5.41 Å². The Kier molecular flexibility index (Phi) is 2.06. The van der Waals surface area contributed by atoms with Gasteiger partial charge in [-0.05, 0) is 37.5 Å². The van der Waals surface area contributed by atoms with Crippen LogP contribution in [0.4, 0.5) is 0 Å². The summed E-state index contributed by atoms with van der Waals surface area (Å²) in [6, 6.07) is 6.43. The maximum Gasteiger partial charge on any atom is 0.113 e. The Hall–Kier alpha value is -1.31. The Labute approximate surface area is 96.1 Å². The van der Waals surface area contributed by atoms with Crippen LogP contribution in [0.15, 0.2) is 18.2 Å². The molecule has 2 aromatic rings. The largest absolute Gasteiger partial charge is 0.342 e. The molecule has 0 saturated heterocycles. The molecule has 1 aromatic carbocycles. The van der Waals surface area contributed by atoms with E-state index in [9.17, 15) is 0 Å². The Morgan fingerprint density at radius 1 is 1.25 bits per heavy atom. The zero-order valence-electron chi connectivity index (χ0n) is 10.0. The molecule has 0 unspecified atom stereocenters. The number of aryl methyl sites for hydroxylation is 1. The third-order valence-corrected chi connectivity index (χ3v) is 3.92. The van der Waals surface area contributed by atoms with Gasteiger partial charge in [0.2, 0.25) is 0 Å². The Bertz CT molecular complexity index is 519. The number of rotatable bonds is 1. The lowest BCUT2D eigenvalue weighted by molar-refractivity contribution is 0.465. The summed E-state index contributed by atoms with van der Waals surface area (Å²) in [5, 5.41) is 0. The van der Waals surface area contributed by atoms with Gasteiger partial charge < -0.3 is 4.98 Å². The monoisotopic (exact) mass is 214 g/mol. The van der Waals surface area contributed by atoms with E-state index in [2.05, 4.69) is 37.0 Å². The second-order valence-corrected chi connectivity index (χ2v) is 5.37. The van der Waals surface area contributed by atoms with Gasteiger partial charge in [-0.15, -0.1) is 0 Å². The fraction of sp³-hybridized carbons (Fsp3) is 0.500. The molecule has 1 aliphatic carbocycles. The quantitative estimate of drug-likeness (QED) is 0.770. The van der Waals surface area contributed by atoms with Crippen molar-refractivity contribution in [2.24, 2.45) is 0 Å². The van der Waals surface area contributed by atoms with Crippen molar-refractivity contribution in [3.8, 4) is 0 Å². The predicted molar refractivity (Wildman–Crippen MR) is 66.7 cm³/mol. The van der Waals surface area contributed by atoms with Crippen molar-refractivity contribution >= 4 is 11.0 Å². The van der Waals surface area contributed by atoms with Crippen molar-refractivity contribution in [2.45, 2.75) is 44.9 Å². The normalized spacial score (nSPS) is 19.4. The molecule has 1 aliphatic rings. The zero-order chi connectivity index (χ0) is 11.2. The molecule has 0 bridgehead atoms. The molecule has 1 heterocycles. The van der Waals surface area contributed by atoms with Crippen LogP contribution < -0.4 is 0 Å². The van der Waals surface area contributed by atoms with Crippen LogP contribution in [0.2, 0.25) is 0 Å². The van der Waals surface area contributed by atoms with Crippen molar-refractivity contribution < 1.29 is 0 Å². The Morgan fingerprint density at radius 2 is 2.00 bits per heavy atom. The van der Waals surface area contributed by atoms with Crippen LogP contribution in [0.3, 0.4) is 0 Å². The molecule has 0 radical (unpaired) electrons. The van der Waals surface area contributed by atoms with Gasteiger partial charge in [0.15, 0.2) is 0 Å². The standard InChI is InChI=1S/C14H18N2/c1-10-5-6-11-12(9-10)16-13(15-11)14(2)7-3-4-8-14/h5-6,9H,3-4,7-8H2,1-2H3,(H,15,16). The highest BCUT2D eigenvalue weighted by Gasteiger charge is 2.33. The number of nitrogens with one attached hydrogen (secondary N) is 1. The second kappa shape index (κ2) is 3.34. The van der Waals surface area contributed by atoms with Crippen LogP contribution in [0.1, 0.15) is 44.0 Å². The number of aromatic nitrogens is 2. The van der Waals surface area contributed by atoms with E-state index in [4.69, 9.17) is 4.98 Å². The van der Waals surface area contributed by atoms with Gasteiger partial charge in [0.05, 0.1) is 11.0 Å². The number of benzene rings is 1. The number of aromatic amines is 1. The molecule has 1 N–H and O–H groups in total. The molecule has 0 aliphatic heterocycles. The summed E-state index contributed by atoms with van der Waals surface area (Å²) in [6.45, 7) is 4.46. The molecule has 2 heteroatoms. The molecular formula is C14H18N2. The number of hydrogen-bond acceptors (Lipinski definition) is 1. The topological polar surface area (TPSA) is 28.7 Å². The summed E-state index contributed by atoms with van der Waals surface area (Å²) in [7, 11) is 0. The molecule has 0 atom stereocenters. The van der Waals surface area contributed by atoms with E-state index in [1.54, 1.807) is 0 Å². The maximum absolute atomic E-state index is 4.75. The summed E-state index contributed by atoms with van der Waals surface area (Å²) < 4.78 is 0. The van der Waals surface area contributed by atoms with Crippen molar-refractivity contribution in [2.75, 3.05) is 0 Å². The first-order valence-corrected chi connectivity index (χ1v) is 6.14. The predicted octanol–water partition coefficient (Wildman–Crippen LogP) is 3.70. The van der Waals surface area contributed by atoms with Crippen LogP contribution in [0, 0.1) is 6.92 Å². The lowest BCUT2D eigenvalue weighted by Gasteiger charge is -2.19. The summed E-state index contributed by atoms with van der Waals surface area (Å²) in [4.78, 5) is 8.26. The van der Waals surface area contributed by atoms with Crippen LogP contribution in [-0.4, -0.2) is 9.97 Å². The number of imidazole rings is 1. The first-order chi connectivity index (χ1) is 7.67. The first kappa shape index (κ1) is 9.88. The molecule has 0 amide bonds. The maximum atomic E-state index is 4.75. The van der Waals surface area contributed by atoms with E-state index in [0.29, 0.717) is 0 Å². The van der Waals surface area contributed by atoms with Gasteiger partial charge in [-0.1, -0.05) is 25.8 Å². The third-order valence-electron chi connectivity index (χ3n) is 3.92. The molecule has 0 spiro atoms. The minimum Gasteiger partial charge on any atom is -0.342 e. The van der Waals surface area contributed by atoms with Crippen molar-refractivity contribution in [1.29, 1.82) is 0 Å². The van der Waals surface area contributed by atoms with Crippen LogP contribution >= 0.6 is 0 Å². The number of hydrogen-bond donors (Lipinski definition) is 1.